The molecular formula is C17H20O2. The average molecular weight is 256 g/mol. The van der Waals surface area contributed by atoms with Crippen molar-refractivity contribution in [1.29, 1.82) is 0 Å². The molecule has 1 aromatic carbocycles. The number of ether oxygens (including phenoxy) is 1. The van der Waals surface area contributed by atoms with Crippen LogP contribution in [0, 0.1) is 11.8 Å². The number of benzene rings is 1. The van der Waals surface area contributed by atoms with E-state index in [1.165, 1.54) is 18.4 Å². The second-order valence-electron chi connectivity index (χ2n) is 5.64. The number of hydrogen-bond donors (Lipinski definition) is 0. The fourth-order valence-electron chi connectivity index (χ4n) is 3.53. The molecule has 2 heteroatoms. The number of carbonyl (C=O) groups excluding carboxylic acids is 1. The quantitative estimate of drug-likeness (QED) is 0.772. The summed E-state index contributed by atoms with van der Waals surface area (Å²) in [5, 5.41) is 0. The van der Waals surface area contributed by atoms with Crippen molar-refractivity contribution < 1.29 is 9.53 Å². The predicted molar refractivity (Wildman–Crippen MR) is 75.6 cm³/mol. The van der Waals surface area contributed by atoms with Crippen molar-refractivity contribution in [2.24, 2.45) is 11.8 Å². The van der Waals surface area contributed by atoms with Crippen LogP contribution < -0.4 is 0 Å². The van der Waals surface area contributed by atoms with Crippen molar-refractivity contribution in [2.45, 2.75) is 38.2 Å². The smallest absolute Gasteiger partial charge is 0.309 e. The predicted octanol–water partition coefficient (Wildman–Crippen LogP) is 3.60. The Kier molecular flexibility index (Phi) is 3.41. The Morgan fingerprint density at radius 2 is 2.05 bits per heavy atom. The van der Waals surface area contributed by atoms with Gasteiger partial charge in [0.1, 0.15) is 6.10 Å². The second-order valence-corrected chi connectivity index (χ2v) is 5.64. The van der Waals surface area contributed by atoms with Gasteiger partial charge in [-0.15, -0.1) is 0 Å². The first-order chi connectivity index (χ1) is 9.29. The highest BCUT2D eigenvalue weighted by Crippen LogP contribution is 2.40. The molecule has 0 amide bonds. The molecule has 2 fully saturated rings. The molecule has 1 saturated carbocycles. The van der Waals surface area contributed by atoms with E-state index in [9.17, 15) is 4.79 Å². The number of esters is 1. The van der Waals surface area contributed by atoms with Crippen molar-refractivity contribution in [3.63, 3.8) is 0 Å². The maximum atomic E-state index is 12.1. The highest BCUT2D eigenvalue weighted by molar-refractivity contribution is 5.76. The fourth-order valence-corrected chi connectivity index (χ4v) is 3.53. The Morgan fingerprint density at radius 3 is 2.89 bits per heavy atom. The van der Waals surface area contributed by atoms with E-state index in [1.807, 2.05) is 18.2 Å². The summed E-state index contributed by atoms with van der Waals surface area (Å²) in [6.07, 6.45) is 7.47. The van der Waals surface area contributed by atoms with Crippen LogP contribution in [0.4, 0.5) is 0 Å². The van der Waals surface area contributed by atoms with Gasteiger partial charge in [0.15, 0.2) is 0 Å². The van der Waals surface area contributed by atoms with Crippen LogP contribution in [0.15, 0.2) is 30.8 Å². The zero-order chi connectivity index (χ0) is 13.2. The van der Waals surface area contributed by atoms with Gasteiger partial charge in [-0.1, -0.05) is 43.3 Å². The number of hydrogen-bond acceptors (Lipinski definition) is 2. The highest BCUT2D eigenvalue weighted by Gasteiger charge is 2.45. The van der Waals surface area contributed by atoms with Crippen LogP contribution in [0.5, 0.6) is 0 Å². The second kappa shape index (κ2) is 5.20. The highest BCUT2D eigenvalue weighted by atomic mass is 16.6. The Labute approximate surface area is 114 Å². The third kappa shape index (κ3) is 2.32. The van der Waals surface area contributed by atoms with Gasteiger partial charge in [0.25, 0.3) is 0 Å². The van der Waals surface area contributed by atoms with Gasteiger partial charge in [-0.2, -0.15) is 0 Å². The van der Waals surface area contributed by atoms with E-state index in [-0.39, 0.29) is 18.0 Å². The fraction of sp³-hybridized carbons (Fsp3) is 0.471. The molecule has 0 N–H and O–H groups in total. The number of fused-ring (bicyclic) bond motifs is 1. The first-order valence-electron chi connectivity index (χ1n) is 7.20. The lowest BCUT2D eigenvalue weighted by atomic mass is 9.77. The molecule has 1 aliphatic heterocycles. The molecule has 1 aromatic rings. The molecule has 1 heterocycles. The van der Waals surface area contributed by atoms with Gasteiger partial charge in [-0.05, 0) is 36.8 Å². The van der Waals surface area contributed by atoms with Gasteiger partial charge in [-0.3, -0.25) is 4.79 Å². The first-order valence-corrected chi connectivity index (χ1v) is 7.20. The van der Waals surface area contributed by atoms with E-state index < -0.39 is 0 Å². The van der Waals surface area contributed by atoms with E-state index in [1.54, 1.807) is 0 Å². The summed E-state index contributed by atoms with van der Waals surface area (Å²) < 4.78 is 5.56. The van der Waals surface area contributed by atoms with Crippen LogP contribution in [0.3, 0.4) is 0 Å². The summed E-state index contributed by atoms with van der Waals surface area (Å²) >= 11 is 0. The van der Waals surface area contributed by atoms with Crippen LogP contribution in [0.2, 0.25) is 0 Å². The lowest BCUT2D eigenvalue weighted by Gasteiger charge is -2.25. The topological polar surface area (TPSA) is 26.3 Å². The van der Waals surface area contributed by atoms with E-state index in [2.05, 4.69) is 18.7 Å². The molecule has 2 nitrogen and oxygen atoms in total. The summed E-state index contributed by atoms with van der Waals surface area (Å²) in [7, 11) is 0. The molecule has 0 bridgehead atoms. The third-order valence-electron chi connectivity index (χ3n) is 4.56. The van der Waals surface area contributed by atoms with Crippen LogP contribution >= 0.6 is 0 Å². The Hall–Kier alpha value is -1.57. The minimum Gasteiger partial charge on any atom is -0.462 e. The van der Waals surface area contributed by atoms with Gasteiger partial charge in [-0.25, -0.2) is 0 Å². The molecule has 0 radical (unpaired) electrons. The van der Waals surface area contributed by atoms with E-state index >= 15 is 0 Å². The molecule has 3 atom stereocenters. The molecular weight excluding hydrogens is 236 g/mol. The third-order valence-corrected chi connectivity index (χ3v) is 4.56. The van der Waals surface area contributed by atoms with Gasteiger partial charge < -0.3 is 4.74 Å². The largest absolute Gasteiger partial charge is 0.462 e. The zero-order valence-electron chi connectivity index (χ0n) is 11.2. The van der Waals surface area contributed by atoms with Gasteiger partial charge >= 0.3 is 5.97 Å². The van der Waals surface area contributed by atoms with E-state index in [4.69, 9.17) is 4.74 Å². The normalized spacial score (nSPS) is 29.7. The molecule has 3 unspecified atom stereocenters. The van der Waals surface area contributed by atoms with Gasteiger partial charge in [0.05, 0.1) is 5.92 Å². The van der Waals surface area contributed by atoms with Crippen LogP contribution in [-0.2, 0) is 16.0 Å². The average Bonchev–Trinajstić information content (AvgIpc) is 2.76. The Morgan fingerprint density at radius 1 is 1.26 bits per heavy atom. The van der Waals surface area contributed by atoms with Crippen LogP contribution in [0.1, 0.15) is 36.8 Å². The lowest BCUT2D eigenvalue weighted by molar-refractivity contribution is -0.144. The molecule has 0 spiro atoms. The summed E-state index contributed by atoms with van der Waals surface area (Å²) in [5.74, 6) is 0.487. The summed E-state index contributed by atoms with van der Waals surface area (Å²) in [5.41, 5.74) is 2.35. The summed E-state index contributed by atoms with van der Waals surface area (Å²) in [6, 6.07) is 8.19. The SMILES string of the molecule is C=Cc1ccccc1CC1C(=O)OC2CCCCC21. The first kappa shape index (κ1) is 12.5. The molecule has 100 valence electrons. The molecule has 0 aromatic heterocycles. The molecule has 1 aliphatic carbocycles. The van der Waals surface area contributed by atoms with Gasteiger partial charge in [0.2, 0.25) is 0 Å². The molecule has 1 saturated heterocycles. The van der Waals surface area contributed by atoms with Crippen molar-refractivity contribution in [3.8, 4) is 0 Å². The number of rotatable bonds is 3. The van der Waals surface area contributed by atoms with Gasteiger partial charge in [0, 0.05) is 5.92 Å². The maximum Gasteiger partial charge on any atom is 0.309 e. The Balaban J connectivity index is 1.82. The van der Waals surface area contributed by atoms with E-state index in [0.717, 1.165) is 24.8 Å². The van der Waals surface area contributed by atoms with Crippen molar-refractivity contribution in [3.05, 3.63) is 42.0 Å². The summed E-state index contributed by atoms with van der Waals surface area (Å²) in [6.45, 7) is 3.85. The monoisotopic (exact) mass is 256 g/mol. The zero-order valence-corrected chi connectivity index (χ0v) is 11.2. The minimum absolute atomic E-state index is 0.00997. The Bertz CT molecular complexity index is 492. The minimum atomic E-state index is 0.00997. The molecule has 19 heavy (non-hydrogen) atoms. The maximum absolute atomic E-state index is 12.1. The standard InChI is InChI=1S/C17H20O2/c1-2-12-7-3-4-8-13(12)11-15-14-9-5-6-10-16(14)19-17(15)18/h2-4,7-8,14-16H,1,5-6,9-11H2. The van der Waals surface area contributed by atoms with E-state index in [0.29, 0.717) is 5.92 Å². The van der Waals surface area contributed by atoms with Crippen LogP contribution in [0.25, 0.3) is 6.08 Å². The number of carbonyl (C=O) groups is 1. The van der Waals surface area contributed by atoms with Crippen molar-refractivity contribution in [1.82, 2.24) is 0 Å². The lowest BCUT2D eigenvalue weighted by Crippen LogP contribution is -2.26. The summed E-state index contributed by atoms with van der Waals surface area (Å²) in [4.78, 5) is 12.1. The van der Waals surface area contributed by atoms with Crippen LogP contribution in [-0.4, -0.2) is 12.1 Å². The van der Waals surface area contributed by atoms with Crippen molar-refractivity contribution >= 4 is 12.0 Å². The molecule has 3 rings (SSSR count). The van der Waals surface area contributed by atoms with Crippen molar-refractivity contribution in [2.75, 3.05) is 0 Å². The molecule has 2 aliphatic rings.